The highest BCUT2D eigenvalue weighted by Crippen LogP contribution is 2.30. The lowest BCUT2D eigenvalue weighted by Gasteiger charge is -2.29. The van der Waals surface area contributed by atoms with Gasteiger partial charge in [0.05, 0.1) is 0 Å². The molecule has 166 valence electrons. The van der Waals surface area contributed by atoms with E-state index in [4.69, 9.17) is 0 Å². The van der Waals surface area contributed by atoms with Gasteiger partial charge in [0, 0.05) is 57.0 Å². The predicted octanol–water partition coefficient (Wildman–Crippen LogP) is 5.46. The topological polar surface area (TPSA) is 49.3 Å². The van der Waals surface area contributed by atoms with Crippen molar-refractivity contribution in [2.24, 2.45) is 0 Å². The second kappa shape index (κ2) is 11.0. The maximum atomic E-state index is 12.6. The van der Waals surface area contributed by atoms with Gasteiger partial charge in [-0.2, -0.15) is 0 Å². The highest BCUT2D eigenvalue weighted by Gasteiger charge is 2.19. The number of fused-ring (bicyclic) bond motifs is 1. The van der Waals surface area contributed by atoms with Crippen molar-refractivity contribution >= 4 is 11.6 Å². The number of amides is 1. The lowest BCUT2D eigenvalue weighted by Crippen LogP contribution is -2.32. The number of benzene rings is 1. The van der Waals surface area contributed by atoms with Crippen LogP contribution in [0.1, 0.15) is 50.2 Å². The van der Waals surface area contributed by atoms with Crippen molar-refractivity contribution in [1.82, 2.24) is 14.9 Å². The fourth-order valence-electron chi connectivity index (χ4n) is 4.48. The molecule has 5 nitrogen and oxygen atoms in total. The van der Waals surface area contributed by atoms with Gasteiger partial charge >= 0.3 is 0 Å². The van der Waals surface area contributed by atoms with Crippen LogP contribution in [0.2, 0.25) is 0 Å². The summed E-state index contributed by atoms with van der Waals surface area (Å²) in [6.45, 7) is 5.13. The van der Waals surface area contributed by atoms with E-state index in [-0.39, 0.29) is 5.91 Å². The summed E-state index contributed by atoms with van der Waals surface area (Å²) >= 11 is 0. The smallest absolute Gasteiger partial charge is 0.223 e. The van der Waals surface area contributed by atoms with Crippen molar-refractivity contribution in [2.75, 3.05) is 18.0 Å². The molecule has 1 amide bonds. The van der Waals surface area contributed by atoms with Crippen molar-refractivity contribution in [2.45, 2.75) is 52.1 Å². The number of pyridine rings is 2. The average Bonchev–Trinajstić information content (AvgIpc) is 2.81. The molecule has 0 spiro atoms. The molecule has 32 heavy (non-hydrogen) atoms. The highest BCUT2D eigenvalue weighted by atomic mass is 16.2. The molecule has 3 aromatic rings. The average molecular weight is 429 g/mol. The molecule has 1 aliphatic rings. The molecule has 0 saturated carbocycles. The molecule has 3 heterocycles. The van der Waals surface area contributed by atoms with E-state index in [1.54, 1.807) is 13.1 Å². The third-order valence-electron chi connectivity index (χ3n) is 6.12. The third-order valence-corrected chi connectivity index (χ3v) is 6.12. The van der Waals surface area contributed by atoms with E-state index >= 15 is 0 Å². The summed E-state index contributed by atoms with van der Waals surface area (Å²) in [4.78, 5) is 25.6. The maximum Gasteiger partial charge on any atom is 0.223 e. The van der Waals surface area contributed by atoms with Crippen LogP contribution >= 0.6 is 0 Å². The molecular weight excluding hydrogens is 396 g/mol. The van der Waals surface area contributed by atoms with Gasteiger partial charge in [0.2, 0.25) is 5.91 Å². The standard InChI is InChI=1S/C27H32N4O/c1-22(32)31-16-6-4-2-3-5-15-30(20-23-9-7-13-28-18-23)21-26-17-24(11-12-27(26)31)25-10-8-14-29-19-25/h7-14,17-19H,2-6,15-16,20-21H2,1H3. The lowest BCUT2D eigenvalue weighted by atomic mass is 10.0. The summed E-state index contributed by atoms with van der Waals surface area (Å²) in [6, 6.07) is 14.7. The molecule has 0 bridgehead atoms. The van der Waals surface area contributed by atoms with Gasteiger partial charge in [-0.05, 0) is 65.9 Å². The number of rotatable bonds is 3. The lowest BCUT2D eigenvalue weighted by molar-refractivity contribution is -0.116. The van der Waals surface area contributed by atoms with Crippen LogP contribution in [0, 0.1) is 0 Å². The zero-order valence-corrected chi connectivity index (χ0v) is 18.9. The van der Waals surface area contributed by atoms with E-state index in [1.165, 1.54) is 30.4 Å². The molecule has 0 unspecified atom stereocenters. The van der Waals surface area contributed by atoms with Crippen LogP contribution in [0.5, 0.6) is 0 Å². The van der Waals surface area contributed by atoms with E-state index in [0.717, 1.165) is 55.8 Å². The summed E-state index contributed by atoms with van der Waals surface area (Å²) in [7, 11) is 0. The summed E-state index contributed by atoms with van der Waals surface area (Å²) < 4.78 is 0. The Balaban J connectivity index is 1.72. The number of hydrogen-bond acceptors (Lipinski definition) is 4. The minimum Gasteiger partial charge on any atom is -0.312 e. The van der Waals surface area contributed by atoms with Gasteiger partial charge in [-0.25, -0.2) is 0 Å². The van der Waals surface area contributed by atoms with Crippen LogP contribution in [-0.2, 0) is 17.9 Å². The van der Waals surface area contributed by atoms with Gasteiger partial charge in [-0.1, -0.05) is 37.5 Å². The van der Waals surface area contributed by atoms with Crippen molar-refractivity contribution < 1.29 is 4.79 Å². The Morgan fingerprint density at radius 1 is 0.875 bits per heavy atom. The molecule has 2 aromatic heterocycles. The largest absolute Gasteiger partial charge is 0.312 e. The van der Waals surface area contributed by atoms with Crippen LogP contribution in [0.3, 0.4) is 0 Å². The summed E-state index contributed by atoms with van der Waals surface area (Å²) in [5.74, 6) is 0.108. The monoisotopic (exact) mass is 428 g/mol. The van der Waals surface area contributed by atoms with E-state index in [0.29, 0.717) is 0 Å². The SMILES string of the molecule is CC(=O)N1CCCCCCCN(Cc2cccnc2)Cc2cc(-c3cccnc3)ccc21. The Hall–Kier alpha value is -3.05. The van der Waals surface area contributed by atoms with Gasteiger partial charge in [0.1, 0.15) is 0 Å². The number of aromatic nitrogens is 2. The van der Waals surface area contributed by atoms with Crippen molar-refractivity contribution in [1.29, 1.82) is 0 Å². The van der Waals surface area contributed by atoms with Gasteiger partial charge < -0.3 is 4.90 Å². The van der Waals surface area contributed by atoms with Crippen LogP contribution in [0.25, 0.3) is 11.1 Å². The highest BCUT2D eigenvalue weighted by molar-refractivity contribution is 5.92. The molecule has 0 N–H and O–H groups in total. The molecular formula is C27H32N4O. The minimum atomic E-state index is 0.108. The maximum absolute atomic E-state index is 12.6. The fraction of sp³-hybridized carbons (Fsp3) is 0.370. The van der Waals surface area contributed by atoms with Crippen molar-refractivity contribution in [3.05, 3.63) is 78.4 Å². The second-order valence-electron chi connectivity index (χ2n) is 8.60. The number of nitrogens with zero attached hydrogens (tertiary/aromatic N) is 4. The molecule has 0 radical (unpaired) electrons. The Morgan fingerprint density at radius 3 is 2.34 bits per heavy atom. The molecule has 0 aliphatic carbocycles. The van der Waals surface area contributed by atoms with Gasteiger partial charge in [-0.15, -0.1) is 0 Å². The Kier molecular flexibility index (Phi) is 7.62. The summed E-state index contributed by atoms with van der Waals surface area (Å²) in [5, 5.41) is 0. The first-order chi connectivity index (χ1) is 15.7. The molecule has 4 rings (SSSR count). The zero-order valence-electron chi connectivity index (χ0n) is 18.9. The number of carbonyl (C=O) groups excluding carboxylic acids is 1. The van der Waals surface area contributed by atoms with Crippen LogP contribution in [0.15, 0.2) is 67.3 Å². The van der Waals surface area contributed by atoms with Gasteiger partial charge in [-0.3, -0.25) is 19.7 Å². The quantitative estimate of drug-likeness (QED) is 0.556. The number of carbonyl (C=O) groups is 1. The Bertz CT molecular complexity index is 1010. The Morgan fingerprint density at radius 2 is 1.62 bits per heavy atom. The first-order valence-electron chi connectivity index (χ1n) is 11.6. The first-order valence-corrected chi connectivity index (χ1v) is 11.6. The normalized spacial score (nSPS) is 16.0. The van der Waals surface area contributed by atoms with Crippen molar-refractivity contribution in [3.63, 3.8) is 0 Å². The first kappa shape index (κ1) is 22.2. The van der Waals surface area contributed by atoms with E-state index in [9.17, 15) is 4.79 Å². The molecule has 0 fully saturated rings. The molecule has 0 saturated heterocycles. The van der Waals surface area contributed by atoms with Crippen LogP contribution < -0.4 is 4.90 Å². The van der Waals surface area contributed by atoms with Crippen molar-refractivity contribution in [3.8, 4) is 11.1 Å². The Labute approximate surface area is 191 Å². The summed E-state index contributed by atoms with van der Waals surface area (Å²) in [6.07, 6.45) is 13.3. The van der Waals surface area contributed by atoms with E-state index < -0.39 is 0 Å². The molecule has 1 aromatic carbocycles. The second-order valence-corrected chi connectivity index (χ2v) is 8.60. The number of anilines is 1. The van der Waals surface area contributed by atoms with Gasteiger partial charge in [0.25, 0.3) is 0 Å². The minimum absolute atomic E-state index is 0.108. The molecule has 1 aliphatic heterocycles. The third kappa shape index (κ3) is 5.80. The number of hydrogen-bond donors (Lipinski definition) is 0. The zero-order chi connectivity index (χ0) is 22.2. The van der Waals surface area contributed by atoms with Gasteiger partial charge in [0.15, 0.2) is 0 Å². The molecule has 0 atom stereocenters. The van der Waals surface area contributed by atoms with Crippen LogP contribution in [-0.4, -0.2) is 33.9 Å². The predicted molar refractivity (Wildman–Crippen MR) is 129 cm³/mol. The fourth-order valence-corrected chi connectivity index (χ4v) is 4.48. The molecule has 5 heteroatoms. The van der Waals surface area contributed by atoms with E-state index in [1.807, 2.05) is 35.6 Å². The van der Waals surface area contributed by atoms with E-state index in [2.05, 4.69) is 45.2 Å². The summed E-state index contributed by atoms with van der Waals surface area (Å²) in [5.41, 5.74) is 5.66. The van der Waals surface area contributed by atoms with Crippen LogP contribution in [0.4, 0.5) is 5.69 Å².